The lowest BCUT2D eigenvalue weighted by Gasteiger charge is -2.37. The minimum atomic E-state index is -0.288. The number of nitrogens with one attached hydrogen (secondary N) is 1. The molecule has 0 unspecified atom stereocenters. The Balaban J connectivity index is 1.28. The molecule has 33 heavy (non-hydrogen) atoms. The average molecular weight is 466 g/mol. The molecule has 1 aliphatic heterocycles. The second-order valence-corrected chi connectivity index (χ2v) is 9.10. The maximum Gasteiger partial charge on any atom is 0.230 e. The SMILES string of the molecule is Cc1ccc(C)c(N2CCN(c3ccnc(SCC(=O)NCc4ccc(F)cc4)n3)CC2)c1. The zero-order chi connectivity index (χ0) is 23.2. The van der Waals surface area contributed by atoms with E-state index in [0.717, 1.165) is 37.6 Å². The smallest absolute Gasteiger partial charge is 0.230 e. The number of benzene rings is 2. The molecule has 0 atom stereocenters. The fraction of sp³-hybridized carbons (Fsp3) is 0.320. The fourth-order valence-corrected chi connectivity index (χ4v) is 4.45. The maximum atomic E-state index is 13.0. The van der Waals surface area contributed by atoms with E-state index in [1.807, 2.05) is 6.07 Å². The van der Waals surface area contributed by atoms with Crippen molar-refractivity contribution in [3.8, 4) is 0 Å². The van der Waals surface area contributed by atoms with Gasteiger partial charge in [0.15, 0.2) is 5.16 Å². The van der Waals surface area contributed by atoms with E-state index >= 15 is 0 Å². The first kappa shape index (κ1) is 23.0. The van der Waals surface area contributed by atoms with E-state index in [-0.39, 0.29) is 17.5 Å². The Bertz CT molecular complexity index is 1100. The standard InChI is InChI=1S/C25H28FN5OS/c1-18-3-4-19(2)22(15-18)30-11-13-31(14-12-30)23-9-10-27-25(29-23)33-17-24(32)28-16-20-5-7-21(26)8-6-20/h3-10,15H,11-14,16-17H2,1-2H3,(H,28,32). The molecule has 2 aromatic carbocycles. The molecule has 0 bridgehead atoms. The molecular weight excluding hydrogens is 437 g/mol. The second-order valence-electron chi connectivity index (χ2n) is 8.15. The highest BCUT2D eigenvalue weighted by molar-refractivity contribution is 7.99. The van der Waals surface area contributed by atoms with Crippen molar-refractivity contribution in [2.75, 3.05) is 41.7 Å². The Morgan fingerprint density at radius 2 is 1.76 bits per heavy atom. The molecular formula is C25H28FN5OS. The van der Waals surface area contributed by atoms with Gasteiger partial charge in [0.1, 0.15) is 11.6 Å². The van der Waals surface area contributed by atoms with Crippen LogP contribution >= 0.6 is 11.8 Å². The monoisotopic (exact) mass is 465 g/mol. The Morgan fingerprint density at radius 3 is 2.52 bits per heavy atom. The van der Waals surface area contributed by atoms with Gasteiger partial charge in [0.25, 0.3) is 0 Å². The number of halogens is 1. The first-order chi connectivity index (χ1) is 16.0. The maximum absolute atomic E-state index is 13.0. The van der Waals surface area contributed by atoms with Crippen molar-refractivity contribution in [2.45, 2.75) is 25.5 Å². The van der Waals surface area contributed by atoms with Crippen LogP contribution in [0, 0.1) is 19.7 Å². The summed E-state index contributed by atoms with van der Waals surface area (Å²) in [5.41, 5.74) is 4.73. The van der Waals surface area contributed by atoms with Gasteiger partial charge in [-0.15, -0.1) is 0 Å². The average Bonchev–Trinajstić information content (AvgIpc) is 2.84. The van der Waals surface area contributed by atoms with E-state index in [2.05, 4.69) is 57.1 Å². The number of hydrogen-bond acceptors (Lipinski definition) is 6. The molecule has 1 amide bonds. The molecule has 0 aliphatic carbocycles. The normalized spacial score (nSPS) is 13.8. The number of aryl methyl sites for hydroxylation is 2. The molecule has 1 N–H and O–H groups in total. The molecule has 0 radical (unpaired) electrons. The minimum absolute atomic E-state index is 0.111. The highest BCUT2D eigenvalue weighted by Gasteiger charge is 2.20. The number of hydrogen-bond donors (Lipinski definition) is 1. The molecule has 8 heteroatoms. The summed E-state index contributed by atoms with van der Waals surface area (Å²) in [5.74, 6) is 0.718. The van der Waals surface area contributed by atoms with Crippen LogP contribution in [0.4, 0.5) is 15.9 Å². The third-order valence-corrected chi connectivity index (χ3v) is 6.52. The molecule has 0 saturated carbocycles. The van der Waals surface area contributed by atoms with Crippen LogP contribution in [0.15, 0.2) is 59.9 Å². The number of nitrogens with zero attached hydrogens (tertiary/aromatic N) is 4. The number of amides is 1. The third-order valence-electron chi connectivity index (χ3n) is 5.66. The van der Waals surface area contributed by atoms with Crippen LogP contribution in [0.5, 0.6) is 0 Å². The Labute approximate surface area is 198 Å². The van der Waals surface area contributed by atoms with Crippen molar-refractivity contribution < 1.29 is 9.18 Å². The van der Waals surface area contributed by atoms with Gasteiger partial charge in [0, 0.05) is 44.6 Å². The lowest BCUT2D eigenvalue weighted by Crippen LogP contribution is -2.47. The molecule has 4 rings (SSSR count). The summed E-state index contributed by atoms with van der Waals surface area (Å²) in [6, 6.07) is 14.6. The predicted molar refractivity (Wildman–Crippen MR) is 131 cm³/mol. The van der Waals surface area contributed by atoms with Crippen molar-refractivity contribution >= 4 is 29.2 Å². The summed E-state index contributed by atoms with van der Waals surface area (Å²) >= 11 is 1.31. The number of thioether (sulfide) groups is 1. The van der Waals surface area contributed by atoms with E-state index in [9.17, 15) is 9.18 Å². The molecule has 2 heterocycles. The van der Waals surface area contributed by atoms with E-state index in [1.165, 1.54) is 40.7 Å². The topological polar surface area (TPSA) is 61.4 Å². The van der Waals surface area contributed by atoms with Gasteiger partial charge in [-0.2, -0.15) is 0 Å². The largest absolute Gasteiger partial charge is 0.368 e. The Hall–Kier alpha value is -3.13. The van der Waals surface area contributed by atoms with Gasteiger partial charge < -0.3 is 15.1 Å². The zero-order valence-corrected chi connectivity index (χ0v) is 19.7. The van der Waals surface area contributed by atoms with Gasteiger partial charge >= 0.3 is 0 Å². The van der Waals surface area contributed by atoms with E-state index in [4.69, 9.17) is 0 Å². The first-order valence-corrected chi connectivity index (χ1v) is 12.0. The molecule has 1 fully saturated rings. The van der Waals surface area contributed by atoms with Crippen molar-refractivity contribution in [3.63, 3.8) is 0 Å². The first-order valence-electron chi connectivity index (χ1n) is 11.0. The van der Waals surface area contributed by atoms with Gasteiger partial charge in [-0.1, -0.05) is 36.0 Å². The lowest BCUT2D eigenvalue weighted by molar-refractivity contribution is -0.118. The zero-order valence-electron chi connectivity index (χ0n) is 18.9. The Morgan fingerprint density at radius 1 is 1.03 bits per heavy atom. The third kappa shape index (κ3) is 6.22. The molecule has 1 aromatic heterocycles. The summed E-state index contributed by atoms with van der Waals surface area (Å²) in [5, 5.41) is 3.43. The highest BCUT2D eigenvalue weighted by Crippen LogP contribution is 2.24. The van der Waals surface area contributed by atoms with Crippen molar-refractivity contribution in [3.05, 3.63) is 77.2 Å². The van der Waals surface area contributed by atoms with Crippen LogP contribution in [-0.2, 0) is 11.3 Å². The van der Waals surface area contributed by atoms with Crippen LogP contribution in [0.25, 0.3) is 0 Å². The molecule has 1 saturated heterocycles. The van der Waals surface area contributed by atoms with E-state index in [1.54, 1.807) is 18.3 Å². The van der Waals surface area contributed by atoms with Crippen LogP contribution in [0.2, 0.25) is 0 Å². The van der Waals surface area contributed by atoms with Crippen LogP contribution in [0.3, 0.4) is 0 Å². The number of rotatable bonds is 7. The lowest BCUT2D eigenvalue weighted by atomic mass is 10.1. The molecule has 3 aromatic rings. The van der Waals surface area contributed by atoms with E-state index in [0.29, 0.717) is 11.7 Å². The number of aromatic nitrogens is 2. The van der Waals surface area contributed by atoms with Gasteiger partial charge in [-0.05, 0) is 54.8 Å². The van der Waals surface area contributed by atoms with Crippen LogP contribution < -0.4 is 15.1 Å². The van der Waals surface area contributed by atoms with Crippen LogP contribution in [0.1, 0.15) is 16.7 Å². The summed E-state index contributed by atoms with van der Waals surface area (Å²) < 4.78 is 13.0. The number of anilines is 2. The molecule has 1 aliphatic rings. The molecule has 6 nitrogen and oxygen atoms in total. The van der Waals surface area contributed by atoms with Crippen molar-refractivity contribution in [2.24, 2.45) is 0 Å². The van der Waals surface area contributed by atoms with Gasteiger partial charge in [0.2, 0.25) is 5.91 Å². The van der Waals surface area contributed by atoms with Gasteiger partial charge in [0.05, 0.1) is 5.75 Å². The molecule has 172 valence electrons. The highest BCUT2D eigenvalue weighted by atomic mass is 32.2. The minimum Gasteiger partial charge on any atom is -0.368 e. The van der Waals surface area contributed by atoms with Gasteiger partial charge in [-0.25, -0.2) is 14.4 Å². The number of piperazine rings is 1. The van der Waals surface area contributed by atoms with E-state index < -0.39 is 0 Å². The fourth-order valence-electron chi connectivity index (χ4n) is 3.80. The summed E-state index contributed by atoms with van der Waals surface area (Å²) in [6.07, 6.45) is 1.75. The number of carbonyl (C=O) groups excluding carboxylic acids is 1. The summed E-state index contributed by atoms with van der Waals surface area (Å²) in [7, 11) is 0. The Kier molecular flexibility index (Phi) is 7.44. The van der Waals surface area contributed by atoms with Crippen LogP contribution in [-0.4, -0.2) is 47.8 Å². The second kappa shape index (κ2) is 10.7. The predicted octanol–water partition coefficient (Wildman–Crippen LogP) is 3.97. The quantitative estimate of drug-likeness (QED) is 0.421. The van der Waals surface area contributed by atoms with Crippen molar-refractivity contribution in [1.29, 1.82) is 0 Å². The number of carbonyl (C=O) groups is 1. The summed E-state index contributed by atoms with van der Waals surface area (Å²) in [4.78, 5) is 25.9. The molecule has 0 spiro atoms. The van der Waals surface area contributed by atoms with Crippen molar-refractivity contribution in [1.82, 2.24) is 15.3 Å². The van der Waals surface area contributed by atoms with Gasteiger partial charge in [-0.3, -0.25) is 4.79 Å². The summed E-state index contributed by atoms with van der Waals surface area (Å²) in [6.45, 7) is 8.28.